The van der Waals surface area contributed by atoms with Crippen molar-refractivity contribution in [3.05, 3.63) is 58.7 Å². The van der Waals surface area contributed by atoms with Gasteiger partial charge in [0.05, 0.1) is 32.0 Å². The molecule has 4 amide bonds. The van der Waals surface area contributed by atoms with Crippen molar-refractivity contribution in [2.75, 3.05) is 64.9 Å². The molecule has 2 aromatic rings. The van der Waals surface area contributed by atoms with Gasteiger partial charge in [-0.2, -0.15) is 59.7 Å². The van der Waals surface area contributed by atoms with Crippen molar-refractivity contribution in [3.8, 4) is 0 Å². The zero-order chi connectivity index (χ0) is 32.4. The molecule has 4 rings (SSSR count). The summed E-state index contributed by atoms with van der Waals surface area (Å²) < 4.78 is 27.2. The van der Waals surface area contributed by atoms with Gasteiger partial charge >= 0.3 is 0 Å². The molecule has 0 N–H and O–H groups in total. The molecule has 2 aliphatic rings. The van der Waals surface area contributed by atoms with Crippen molar-refractivity contribution in [2.24, 2.45) is 0 Å². The largest absolute Gasteiger partial charge is 0.274 e. The number of carbonyl (C=O) groups is 4. The van der Waals surface area contributed by atoms with E-state index in [1.54, 1.807) is 23.5 Å². The summed E-state index contributed by atoms with van der Waals surface area (Å²) in [5, 5.41) is 0. The van der Waals surface area contributed by atoms with Crippen LogP contribution in [0.4, 0.5) is 0 Å². The van der Waals surface area contributed by atoms with Crippen molar-refractivity contribution in [1.29, 1.82) is 0 Å². The van der Waals surface area contributed by atoms with Crippen LogP contribution in [0.3, 0.4) is 0 Å². The van der Waals surface area contributed by atoms with Crippen LogP contribution in [0.2, 0.25) is 0 Å². The van der Waals surface area contributed by atoms with E-state index in [9.17, 15) is 27.6 Å². The number of imide groups is 2. The highest BCUT2D eigenvalue weighted by Crippen LogP contribution is 2.32. The summed E-state index contributed by atoms with van der Waals surface area (Å²) in [6, 6.07) is 7.86. The number of fused-ring (bicyclic) bond motifs is 2. The Morgan fingerprint density at radius 3 is 1.40 bits per heavy atom. The summed E-state index contributed by atoms with van der Waals surface area (Å²) in [5.74, 6) is 6.89. The average Bonchev–Trinajstić information content (AvgIpc) is 3.42. The first-order valence-electron chi connectivity index (χ1n) is 14.9. The summed E-state index contributed by atoms with van der Waals surface area (Å²) in [4.78, 5) is 54.2. The van der Waals surface area contributed by atoms with Crippen molar-refractivity contribution in [1.82, 2.24) is 9.80 Å². The van der Waals surface area contributed by atoms with E-state index < -0.39 is 33.5 Å². The van der Waals surface area contributed by atoms with Crippen LogP contribution < -0.4 is 0 Å². The van der Waals surface area contributed by atoms with Crippen LogP contribution in [0.1, 0.15) is 67.6 Å². The molecular weight excluding hydrogens is 689 g/mol. The molecule has 0 atom stereocenters. The fraction of sp³-hybridized carbons (Fsp3) is 0.484. The van der Waals surface area contributed by atoms with Crippen LogP contribution in [0.25, 0.3) is 0 Å². The number of thiol groups is 1. The summed E-state index contributed by atoms with van der Waals surface area (Å²) in [6.07, 6.45) is 2.46. The minimum absolute atomic E-state index is 0.0531. The maximum absolute atomic E-state index is 13.6. The minimum atomic E-state index is -4.15. The second-order valence-corrected chi connectivity index (χ2v) is 17.6. The van der Waals surface area contributed by atoms with Gasteiger partial charge in [0.15, 0.2) is 0 Å². The van der Waals surface area contributed by atoms with Gasteiger partial charge in [-0.1, -0.05) is 6.92 Å². The predicted molar refractivity (Wildman–Crippen MR) is 192 cm³/mol. The number of hydrogen-bond donors (Lipinski definition) is 1. The van der Waals surface area contributed by atoms with Gasteiger partial charge in [0.2, 0.25) is 9.84 Å². The van der Waals surface area contributed by atoms with Gasteiger partial charge in [-0.15, -0.1) is 0 Å². The van der Waals surface area contributed by atoms with Gasteiger partial charge < -0.3 is 0 Å². The van der Waals surface area contributed by atoms with E-state index in [-0.39, 0.29) is 45.1 Å². The number of carbonyl (C=O) groups excluding carboxylic acids is 4. The molecule has 0 aliphatic carbocycles. The standard InChI is InChI=1S/C31H38N2O6S6/c1-2-12-41-16-17-42-13-3-9-32-28(34)24-7-5-22(20-26(24)30(32)36)45(38,39)23-6-8-25-27(21-23)31(37)33(29(25)35)10-4-14-43-18-19-44-15-11-40/h5-8,20-21,40H,2-4,9-19H2,1H3. The summed E-state index contributed by atoms with van der Waals surface area (Å²) in [6.45, 7) is 2.69. The van der Waals surface area contributed by atoms with E-state index >= 15 is 0 Å². The topological polar surface area (TPSA) is 109 Å². The third-order valence-corrected chi connectivity index (χ3v) is 14.3. The van der Waals surface area contributed by atoms with E-state index in [0.717, 1.165) is 58.2 Å². The highest BCUT2D eigenvalue weighted by atomic mass is 32.2. The molecule has 244 valence electrons. The Hall–Kier alpha value is -1.58. The molecule has 2 aliphatic heterocycles. The molecule has 0 unspecified atom stereocenters. The third-order valence-electron chi connectivity index (χ3n) is 7.17. The number of rotatable bonds is 20. The van der Waals surface area contributed by atoms with E-state index in [1.165, 1.54) is 46.2 Å². The minimum Gasteiger partial charge on any atom is -0.274 e. The Morgan fingerprint density at radius 2 is 0.978 bits per heavy atom. The van der Waals surface area contributed by atoms with Crippen LogP contribution in [-0.2, 0) is 9.84 Å². The molecule has 0 fully saturated rings. The van der Waals surface area contributed by atoms with Gasteiger partial charge in [-0.3, -0.25) is 29.0 Å². The Morgan fingerprint density at radius 1 is 0.578 bits per heavy atom. The predicted octanol–water partition coefficient (Wildman–Crippen LogP) is 5.76. The molecule has 2 heterocycles. The summed E-state index contributed by atoms with van der Waals surface area (Å²) >= 11 is 11.5. The number of benzene rings is 2. The lowest BCUT2D eigenvalue weighted by Gasteiger charge is -2.13. The van der Waals surface area contributed by atoms with Crippen molar-refractivity contribution in [3.63, 3.8) is 0 Å². The number of hydrogen-bond acceptors (Lipinski definition) is 11. The molecule has 0 saturated carbocycles. The lowest BCUT2D eigenvalue weighted by Crippen LogP contribution is -2.31. The first-order valence-corrected chi connectivity index (χ1v) is 21.6. The maximum Gasteiger partial charge on any atom is 0.261 e. The zero-order valence-corrected chi connectivity index (χ0v) is 30.2. The van der Waals surface area contributed by atoms with Gasteiger partial charge in [0.1, 0.15) is 0 Å². The molecule has 2 aromatic carbocycles. The first kappa shape index (κ1) is 36.3. The quantitative estimate of drug-likeness (QED) is 0.103. The molecular formula is C31H38N2O6S6. The zero-order valence-electron chi connectivity index (χ0n) is 25.2. The highest BCUT2D eigenvalue weighted by molar-refractivity contribution is 8.03. The summed E-state index contributed by atoms with van der Waals surface area (Å²) in [5.41, 5.74) is 0.472. The Kier molecular flexibility index (Phi) is 14.1. The fourth-order valence-corrected chi connectivity index (χ4v) is 10.4. The van der Waals surface area contributed by atoms with E-state index in [1.807, 2.05) is 23.5 Å². The smallest absolute Gasteiger partial charge is 0.261 e. The van der Waals surface area contributed by atoms with Crippen LogP contribution in [-0.4, -0.2) is 107 Å². The Bertz CT molecular complexity index is 1410. The van der Waals surface area contributed by atoms with E-state index in [0.29, 0.717) is 12.8 Å². The van der Waals surface area contributed by atoms with Gasteiger partial charge in [0.25, 0.3) is 23.6 Å². The number of amides is 4. The Labute approximate surface area is 288 Å². The molecule has 45 heavy (non-hydrogen) atoms. The molecule has 8 nitrogen and oxygen atoms in total. The summed E-state index contributed by atoms with van der Waals surface area (Å²) in [7, 11) is -4.15. The lowest BCUT2D eigenvalue weighted by atomic mass is 10.1. The first-order chi connectivity index (χ1) is 21.7. The second kappa shape index (κ2) is 17.5. The molecule has 0 spiro atoms. The molecule has 0 saturated heterocycles. The lowest BCUT2D eigenvalue weighted by molar-refractivity contribution is 0.0639. The SMILES string of the molecule is CCCSCCSCCCN1C(=O)c2ccc(S(=O)(=O)c3ccc4c(c3)C(=O)N(CCCSCCSCCS)C4=O)cc2C1=O. The normalized spacial score (nSPS) is 14.5. The van der Waals surface area contributed by atoms with Crippen molar-refractivity contribution in [2.45, 2.75) is 36.0 Å². The average molecular weight is 727 g/mol. The number of sulfone groups is 1. The van der Waals surface area contributed by atoms with Gasteiger partial charge in [-0.05, 0) is 78.7 Å². The molecule has 0 radical (unpaired) electrons. The van der Waals surface area contributed by atoms with Crippen LogP contribution >= 0.6 is 59.7 Å². The molecule has 0 aromatic heterocycles. The van der Waals surface area contributed by atoms with Crippen molar-refractivity contribution >= 4 is 93.1 Å². The number of nitrogens with zero attached hydrogens (tertiary/aromatic N) is 2. The number of thioether (sulfide) groups is 4. The fourth-order valence-electron chi connectivity index (χ4n) is 4.92. The maximum atomic E-state index is 13.6. The van der Waals surface area contributed by atoms with Gasteiger partial charge in [-0.25, -0.2) is 8.42 Å². The van der Waals surface area contributed by atoms with Crippen LogP contribution in [0, 0.1) is 0 Å². The monoisotopic (exact) mass is 726 g/mol. The molecule has 14 heteroatoms. The van der Waals surface area contributed by atoms with E-state index in [4.69, 9.17) is 0 Å². The van der Waals surface area contributed by atoms with Crippen LogP contribution in [0.5, 0.6) is 0 Å². The molecule has 0 bridgehead atoms. The van der Waals surface area contributed by atoms with Gasteiger partial charge in [0, 0.05) is 41.9 Å². The Balaban J connectivity index is 1.37. The van der Waals surface area contributed by atoms with Crippen molar-refractivity contribution < 1.29 is 27.6 Å². The third kappa shape index (κ3) is 8.86. The second-order valence-electron chi connectivity index (χ2n) is 10.3. The highest BCUT2D eigenvalue weighted by Gasteiger charge is 2.38. The van der Waals surface area contributed by atoms with Crippen LogP contribution in [0.15, 0.2) is 46.2 Å². The van der Waals surface area contributed by atoms with E-state index in [2.05, 4.69) is 19.6 Å².